The van der Waals surface area contributed by atoms with Gasteiger partial charge < -0.3 is 20.6 Å². The van der Waals surface area contributed by atoms with Crippen LogP contribution in [0.15, 0.2) is 30.3 Å². The van der Waals surface area contributed by atoms with Crippen molar-refractivity contribution in [3.8, 4) is 0 Å². The van der Waals surface area contributed by atoms with E-state index in [-0.39, 0.29) is 41.5 Å². The zero-order valence-electron chi connectivity index (χ0n) is 22.0. The van der Waals surface area contributed by atoms with Gasteiger partial charge in [-0.05, 0) is 37.2 Å². The number of hydrogen-bond acceptors (Lipinski definition) is 5. The van der Waals surface area contributed by atoms with Gasteiger partial charge in [-0.15, -0.1) is 11.8 Å². The van der Waals surface area contributed by atoms with Crippen molar-refractivity contribution in [3.05, 3.63) is 35.9 Å². The summed E-state index contributed by atoms with van der Waals surface area (Å²) in [6, 6.07) is 8.84. The third kappa shape index (κ3) is 4.69. The Morgan fingerprint density at radius 2 is 1.86 bits per heavy atom. The van der Waals surface area contributed by atoms with E-state index < -0.39 is 28.7 Å². The van der Waals surface area contributed by atoms with E-state index in [1.54, 1.807) is 16.7 Å². The average Bonchev–Trinajstić information content (AvgIpc) is 3.56. The van der Waals surface area contributed by atoms with Crippen LogP contribution in [0, 0.1) is 17.8 Å². The lowest BCUT2D eigenvalue weighted by atomic mass is 9.70. The molecule has 3 aliphatic heterocycles. The maximum atomic E-state index is 14.2. The molecule has 3 heterocycles. The Morgan fingerprint density at radius 3 is 2.54 bits per heavy atom. The third-order valence-corrected chi connectivity index (χ3v) is 11.3. The lowest BCUT2D eigenvalue weighted by Crippen LogP contribution is -2.59. The van der Waals surface area contributed by atoms with Crippen molar-refractivity contribution in [1.29, 1.82) is 0 Å². The standard InChI is InChI=1S/C29H41N3O4S/c1-3-18(2)21(17-33)32-25(27(35)31-20-12-8-5-9-13-20)29-15-14-22(37-29)23(24(29)28(32)36)26(34)30-16-19-10-6-4-7-11-19/h4,6-7,10-11,18,20-25,33H,3,5,8-9,12-17H2,1-2H3,(H,30,34)(H,31,35)/t18-,21-,22+,23-,24-,25?,29?/m0/s1. The molecule has 1 saturated carbocycles. The van der Waals surface area contributed by atoms with E-state index >= 15 is 0 Å². The monoisotopic (exact) mass is 527 g/mol. The molecule has 3 amide bonds. The zero-order chi connectivity index (χ0) is 26.2. The van der Waals surface area contributed by atoms with E-state index in [2.05, 4.69) is 10.6 Å². The van der Waals surface area contributed by atoms with E-state index in [4.69, 9.17) is 0 Å². The van der Waals surface area contributed by atoms with Gasteiger partial charge in [-0.1, -0.05) is 69.9 Å². The van der Waals surface area contributed by atoms with Gasteiger partial charge in [-0.3, -0.25) is 14.4 Å². The summed E-state index contributed by atoms with van der Waals surface area (Å²) in [5.41, 5.74) is 1.02. The van der Waals surface area contributed by atoms with Gasteiger partial charge in [0, 0.05) is 17.8 Å². The highest BCUT2D eigenvalue weighted by molar-refractivity contribution is 8.02. The van der Waals surface area contributed by atoms with Crippen LogP contribution >= 0.6 is 11.8 Å². The minimum absolute atomic E-state index is 0.0352. The number of fused-ring (bicyclic) bond motifs is 1. The minimum Gasteiger partial charge on any atom is -0.394 e. The van der Waals surface area contributed by atoms with Gasteiger partial charge in [0.15, 0.2) is 0 Å². The predicted molar refractivity (Wildman–Crippen MR) is 145 cm³/mol. The summed E-state index contributed by atoms with van der Waals surface area (Å²) in [5, 5.41) is 16.9. The normalized spacial score (nSPS) is 32.7. The molecule has 37 heavy (non-hydrogen) atoms. The number of carbonyl (C=O) groups excluding carboxylic acids is 3. The second-order valence-electron chi connectivity index (χ2n) is 11.5. The Morgan fingerprint density at radius 1 is 1.14 bits per heavy atom. The maximum Gasteiger partial charge on any atom is 0.244 e. The highest BCUT2D eigenvalue weighted by Gasteiger charge is 2.74. The topological polar surface area (TPSA) is 98.7 Å². The lowest BCUT2D eigenvalue weighted by molar-refractivity contribution is -0.144. The van der Waals surface area contributed by atoms with Crippen LogP contribution in [0.25, 0.3) is 0 Å². The van der Waals surface area contributed by atoms with E-state index in [0.717, 1.165) is 50.5 Å². The highest BCUT2D eigenvalue weighted by atomic mass is 32.2. The number of hydrogen-bond donors (Lipinski definition) is 3. The van der Waals surface area contributed by atoms with Crippen LogP contribution in [0.2, 0.25) is 0 Å². The number of benzene rings is 1. The number of aliphatic hydroxyl groups excluding tert-OH is 1. The lowest BCUT2D eigenvalue weighted by Gasteiger charge is -2.40. The Balaban J connectivity index is 1.44. The molecule has 1 aromatic rings. The van der Waals surface area contributed by atoms with Crippen LogP contribution in [-0.4, -0.2) is 62.5 Å². The molecule has 2 unspecified atom stereocenters. The molecule has 1 aromatic carbocycles. The molecule has 0 radical (unpaired) electrons. The van der Waals surface area contributed by atoms with E-state index in [0.29, 0.717) is 6.54 Å². The molecule has 1 aliphatic carbocycles. The van der Waals surface area contributed by atoms with E-state index in [1.807, 2.05) is 44.2 Å². The minimum atomic E-state index is -0.653. The summed E-state index contributed by atoms with van der Waals surface area (Å²) >= 11 is 1.70. The smallest absolute Gasteiger partial charge is 0.244 e. The molecule has 4 fully saturated rings. The molecular formula is C29H41N3O4S. The molecule has 3 saturated heterocycles. The van der Waals surface area contributed by atoms with Crippen molar-refractivity contribution in [2.75, 3.05) is 6.61 Å². The highest BCUT2D eigenvalue weighted by Crippen LogP contribution is 2.66. The van der Waals surface area contributed by atoms with Crippen LogP contribution < -0.4 is 10.6 Å². The summed E-state index contributed by atoms with van der Waals surface area (Å²) in [5.74, 6) is -1.27. The first-order valence-corrected chi connectivity index (χ1v) is 15.0. The zero-order valence-corrected chi connectivity index (χ0v) is 22.8. The Hall–Kier alpha value is -2.06. The van der Waals surface area contributed by atoms with Gasteiger partial charge in [0.2, 0.25) is 17.7 Å². The molecule has 202 valence electrons. The number of rotatable bonds is 9. The van der Waals surface area contributed by atoms with Crippen LogP contribution in [0.3, 0.4) is 0 Å². The summed E-state index contributed by atoms with van der Waals surface area (Å²) in [4.78, 5) is 43.5. The van der Waals surface area contributed by atoms with Crippen molar-refractivity contribution in [2.45, 2.75) is 99.9 Å². The van der Waals surface area contributed by atoms with E-state index in [1.165, 1.54) is 6.42 Å². The van der Waals surface area contributed by atoms with Crippen LogP contribution in [-0.2, 0) is 20.9 Å². The molecule has 5 rings (SSSR count). The molecule has 2 bridgehead atoms. The fourth-order valence-corrected chi connectivity index (χ4v) is 9.50. The second-order valence-corrected chi connectivity index (χ2v) is 13.1. The number of amides is 3. The second kappa shape index (κ2) is 11.0. The van der Waals surface area contributed by atoms with Crippen LogP contribution in [0.1, 0.15) is 70.8 Å². The Bertz CT molecular complexity index is 1000. The Kier molecular flexibility index (Phi) is 7.87. The summed E-state index contributed by atoms with van der Waals surface area (Å²) < 4.78 is -0.615. The third-order valence-electron chi connectivity index (χ3n) is 9.40. The van der Waals surface area contributed by atoms with Crippen molar-refractivity contribution < 1.29 is 19.5 Å². The molecule has 7 nitrogen and oxygen atoms in total. The number of nitrogens with one attached hydrogen (secondary N) is 2. The summed E-state index contributed by atoms with van der Waals surface area (Å²) in [6.45, 7) is 4.31. The first-order chi connectivity index (χ1) is 17.9. The van der Waals surface area contributed by atoms with Crippen molar-refractivity contribution >= 4 is 29.5 Å². The van der Waals surface area contributed by atoms with Crippen LogP contribution in [0.5, 0.6) is 0 Å². The number of carbonyl (C=O) groups is 3. The summed E-state index contributed by atoms with van der Waals surface area (Å²) in [7, 11) is 0. The Labute approximate surface area is 224 Å². The number of aliphatic hydroxyl groups is 1. The molecule has 1 spiro atoms. The average molecular weight is 528 g/mol. The number of thioether (sulfide) groups is 1. The van der Waals surface area contributed by atoms with Gasteiger partial charge in [0.1, 0.15) is 6.04 Å². The molecule has 3 N–H and O–H groups in total. The SMILES string of the molecule is CC[C@H](C)[C@H](CO)N1C(=O)[C@@H]2[C@@H](C(=O)NCc3ccccc3)[C@H]3CCC2(S3)C1C(=O)NC1CCCCC1. The fourth-order valence-electron chi connectivity index (χ4n) is 7.29. The first-order valence-electron chi connectivity index (χ1n) is 14.1. The molecule has 7 atom stereocenters. The van der Waals surface area contributed by atoms with Crippen molar-refractivity contribution in [3.63, 3.8) is 0 Å². The largest absolute Gasteiger partial charge is 0.394 e. The predicted octanol–water partition coefficient (Wildman–Crippen LogP) is 3.25. The van der Waals surface area contributed by atoms with Gasteiger partial charge in [0.05, 0.1) is 29.2 Å². The first kappa shape index (κ1) is 26.5. The van der Waals surface area contributed by atoms with Crippen molar-refractivity contribution in [2.24, 2.45) is 17.8 Å². The van der Waals surface area contributed by atoms with E-state index in [9.17, 15) is 19.5 Å². The van der Waals surface area contributed by atoms with Gasteiger partial charge in [-0.2, -0.15) is 0 Å². The maximum absolute atomic E-state index is 14.2. The quantitative estimate of drug-likeness (QED) is 0.458. The molecule has 4 aliphatic rings. The summed E-state index contributed by atoms with van der Waals surface area (Å²) in [6.07, 6.45) is 7.73. The van der Waals surface area contributed by atoms with Crippen LogP contribution in [0.4, 0.5) is 0 Å². The van der Waals surface area contributed by atoms with Gasteiger partial charge in [0.25, 0.3) is 0 Å². The molecular weight excluding hydrogens is 486 g/mol. The van der Waals surface area contributed by atoms with Crippen molar-refractivity contribution in [1.82, 2.24) is 15.5 Å². The molecule has 8 heteroatoms. The van der Waals surface area contributed by atoms with Gasteiger partial charge >= 0.3 is 0 Å². The number of nitrogens with zero attached hydrogens (tertiary/aromatic N) is 1. The number of likely N-dealkylation sites (tertiary alicyclic amines) is 1. The molecule has 0 aromatic heterocycles. The van der Waals surface area contributed by atoms with Gasteiger partial charge in [-0.25, -0.2) is 0 Å². The fraction of sp³-hybridized carbons (Fsp3) is 0.690.